The first kappa shape index (κ1) is 10.7. The molecule has 0 fully saturated rings. The number of hydrogen-bond donors (Lipinski definition) is 3. The molecule has 86 valence electrons. The lowest BCUT2D eigenvalue weighted by Crippen LogP contribution is -2.07. The molecule has 0 saturated heterocycles. The highest BCUT2D eigenvalue weighted by Crippen LogP contribution is 2.19. The van der Waals surface area contributed by atoms with Crippen LogP contribution in [0.5, 0.6) is 0 Å². The summed E-state index contributed by atoms with van der Waals surface area (Å²) < 4.78 is 0. The first-order valence-electron chi connectivity index (χ1n) is 5.54. The Balaban J connectivity index is 2.38. The van der Waals surface area contributed by atoms with Gasteiger partial charge in [-0.1, -0.05) is 6.92 Å². The molecule has 0 radical (unpaired) electrons. The standard InChI is InChI=1S/C10H16N6/c1-3-5-12-8-7-6-13-16-9(7)15-10(14-8)11-4-2/h6H,3-5H2,1-2H3,(H3,11,12,13,14,15,16). The second-order valence-electron chi connectivity index (χ2n) is 3.49. The van der Waals surface area contributed by atoms with Gasteiger partial charge >= 0.3 is 0 Å². The summed E-state index contributed by atoms with van der Waals surface area (Å²) in [7, 11) is 0. The number of nitrogens with one attached hydrogen (secondary N) is 3. The van der Waals surface area contributed by atoms with Crippen molar-refractivity contribution in [3.63, 3.8) is 0 Å². The van der Waals surface area contributed by atoms with Gasteiger partial charge in [0.1, 0.15) is 5.82 Å². The Bertz CT molecular complexity index is 463. The van der Waals surface area contributed by atoms with Gasteiger partial charge in [0, 0.05) is 13.1 Å². The van der Waals surface area contributed by atoms with E-state index in [0.717, 1.165) is 36.4 Å². The molecule has 16 heavy (non-hydrogen) atoms. The molecule has 0 bridgehead atoms. The van der Waals surface area contributed by atoms with Gasteiger partial charge in [-0.3, -0.25) is 5.10 Å². The second-order valence-corrected chi connectivity index (χ2v) is 3.49. The van der Waals surface area contributed by atoms with Crippen LogP contribution in [0.25, 0.3) is 11.0 Å². The molecule has 0 aromatic carbocycles. The zero-order valence-electron chi connectivity index (χ0n) is 9.54. The SMILES string of the molecule is CCCNc1nc(NCC)nc2[nH]ncc12. The molecule has 0 atom stereocenters. The van der Waals surface area contributed by atoms with Crippen molar-refractivity contribution in [3.8, 4) is 0 Å². The third-order valence-electron chi connectivity index (χ3n) is 2.19. The minimum atomic E-state index is 0.623. The Morgan fingerprint density at radius 1 is 1.25 bits per heavy atom. The van der Waals surface area contributed by atoms with Crippen LogP contribution < -0.4 is 10.6 Å². The fourth-order valence-corrected chi connectivity index (χ4v) is 1.45. The first-order valence-corrected chi connectivity index (χ1v) is 5.54. The van der Waals surface area contributed by atoms with E-state index in [4.69, 9.17) is 0 Å². The number of fused-ring (bicyclic) bond motifs is 1. The van der Waals surface area contributed by atoms with Crippen LogP contribution in [0.1, 0.15) is 20.3 Å². The Morgan fingerprint density at radius 2 is 2.12 bits per heavy atom. The van der Waals surface area contributed by atoms with Gasteiger partial charge in [0.15, 0.2) is 5.65 Å². The predicted octanol–water partition coefficient (Wildman–Crippen LogP) is 1.61. The van der Waals surface area contributed by atoms with Gasteiger partial charge < -0.3 is 10.6 Å². The molecule has 0 spiro atoms. The lowest BCUT2D eigenvalue weighted by atomic mass is 10.4. The lowest BCUT2D eigenvalue weighted by molar-refractivity contribution is 0.968. The van der Waals surface area contributed by atoms with E-state index in [1.54, 1.807) is 6.20 Å². The summed E-state index contributed by atoms with van der Waals surface area (Å²) in [4.78, 5) is 8.72. The van der Waals surface area contributed by atoms with Crippen LogP contribution >= 0.6 is 0 Å². The molecule has 0 amide bonds. The van der Waals surface area contributed by atoms with Crippen LogP contribution in [0.15, 0.2) is 6.20 Å². The van der Waals surface area contributed by atoms with Gasteiger partial charge in [-0.05, 0) is 13.3 Å². The molecular formula is C10H16N6. The molecule has 2 aromatic heterocycles. The monoisotopic (exact) mass is 220 g/mol. The van der Waals surface area contributed by atoms with E-state index in [1.165, 1.54) is 0 Å². The van der Waals surface area contributed by atoms with Crippen molar-refractivity contribution in [2.24, 2.45) is 0 Å². The summed E-state index contributed by atoms with van der Waals surface area (Å²) in [5.74, 6) is 1.45. The van der Waals surface area contributed by atoms with Crippen LogP contribution in [0.4, 0.5) is 11.8 Å². The normalized spacial score (nSPS) is 10.6. The Labute approximate surface area is 93.9 Å². The van der Waals surface area contributed by atoms with Gasteiger partial charge in [0.2, 0.25) is 5.95 Å². The van der Waals surface area contributed by atoms with Gasteiger partial charge in [0.05, 0.1) is 11.6 Å². The smallest absolute Gasteiger partial charge is 0.226 e. The quantitative estimate of drug-likeness (QED) is 0.713. The maximum absolute atomic E-state index is 4.41. The molecule has 6 nitrogen and oxygen atoms in total. The first-order chi connectivity index (χ1) is 7.85. The lowest BCUT2D eigenvalue weighted by Gasteiger charge is -2.07. The van der Waals surface area contributed by atoms with E-state index >= 15 is 0 Å². The second kappa shape index (κ2) is 4.78. The minimum absolute atomic E-state index is 0.623. The zero-order valence-corrected chi connectivity index (χ0v) is 9.54. The summed E-state index contributed by atoms with van der Waals surface area (Å²) in [5, 5.41) is 14.1. The Hall–Kier alpha value is -1.85. The number of H-pyrrole nitrogens is 1. The van der Waals surface area contributed by atoms with E-state index in [9.17, 15) is 0 Å². The third kappa shape index (κ3) is 2.05. The summed E-state index contributed by atoms with van der Waals surface area (Å²) in [5.41, 5.74) is 0.754. The maximum atomic E-state index is 4.41. The highest BCUT2D eigenvalue weighted by molar-refractivity contribution is 5.86. The Kier molecular flexibility index (Phi) is 3.19. The fourth-order valence-electron chi connectivity index (χ4n) is 1.45. The molecule has 0 aliphatic heterocycles. The van der Waals surface area contributed by atoms with Crippen molar-refractivity contribution >= 4 is 22.8 Å². The van der Waals surface area contributed by atoms with E-state index in [1.807, 2.05) is 6.92 Å². The molecule has 0 aliphatic carbocycles. The number of rotatable bonds is 5. The molecule has 0 unspecified atom stereocenters. The number of aromatic amines is 1. The van der Waals surface area contributed by atoms with Crippen molar-refractivity contribution in [3.05, 3.63) is 6.20 Å². The van der Waals surface area contributed by atoms with Crippen molar-refractivity contribution in [1.82, 2.24) is 20.2 Å². The summed E-state index contributed by atoms with van der Waals surface area (Å²) in [6.45, 7) is 5.82. The molecule has 3 N–H and O–H groups in total. The summed E-state index contributed by atoms with van der Waals surface area (Å²) in [6.07, 6.45) is 2.79. The summed E-state index contributed by atoms with van der Waals surface area (Å²) >= 11 is 0. The molecule has 2 aromatic rings. The van der Waals surface area contributed by atoms with Crippen molar-refractivity contribution in [1.29, 1.82) is 0 Å². The van der Waals surface area contributed by atoms with Crippen molar-refractivity contribution < 1.29 is 0 Å². The van der Waals surface area contributed by atoms with Crippen LogP contribution in [-0.4, -0.2) is 33.3 Å². The average molecular weight is 220 g/mol. The predicted molar refractivity (Wildman–Crippen MR) is 64.6 cm³/mol. The average Bonchev–Trinajstić information content (AvgIpc) is 2.74. The van der Waals surface area contributed by atoms with E-state index in [0.29, 0.717) is 5.95 Å². The number of hydrogen-bond acceptors (Lipinski definition) is 5. The molecule has 0 aliphatic rings. The van der Waals surface area contributed by atoms with Crippen molar-refractivity contribution in [2.75, 3.05) is 23.7 Å². The topological polar surface area (TPSA) is 78.5 Å². The highest BCUT2D eigenvalue weighted by atomic mass is 15.2. The highest BCUT2D eigenvalue weighted by Gasteiger charge is 2.07. The van der Waals surface area contributed by atoms with Gasteiger partial charge in [-0.15, -0.1) is 0 Å². The van der Waals surface area contributed by atoms with E-state index < -0.39 is 0 Å². The summed E-state index contributed by atoms with van der Waals surface area (Å²) in [6, 6.07) is 0. The molecule has 2 rings (SSSR count). The fraction of sp³-hybridized carbons (Fsp3) is 0.500. The van der Waals surface area contributed by atoms with Crippen LogP contribution in [0.2, 0.25) is 0 Å². The van der Waals surface area contributed by atoms with Gasteiger partial charge in [-0.25, -0.2) is 0 Å². The number of anilines is 2. The molecule has 2 heterocycles. The van der Waals surface area contributed by atoms with E-state index in [-0.39, 0.29) is 0 Å². The van der Waals surface area contributed by atoms with Crippen LogP contribution in [0, 0.1) is 0 Å². The van der Waals surface area contributed by atoms with Crippen LogP contribution in [-0.2, 0) is 0 Å². The van der Waals surface area contributed by atoms with Crippen LogP contribution in [0.3, 0.4) is 0 Å². The van der Waals surface area contributed by atoms with Gasteiger partial charge in [-0.2, -0.15) is 15.1 Å². The van der Waals surface area contributed by atoms with E-state index in [2.05, 4.69) is 37.7 Å². The minimum Gasteiger partial charge on any atom is -0.369 e. The van der Waals surface area contributed by atoms with Gasteiger partial charge in [0.25, 0.3) is 0 Å². The largest absolute Gasteiger partial charge is 0.369 e. The number of aromatic nitrogens is 4. The van der Waals surface area contributed by atoms with Crippen molar-refractivity contribution in [2.45, 2.75) is 20.3 Å². The molecule has 0 saturated carbocycles. The molecular weight excluding hydrogens is 204 g/mol. The third-order valence-corrected chi connectivity index (χ3v) is 2.19. The molecule has 6 heteroatoms. The maximum Gasteiger partial charge on any atom is 0.226 e. The zero-order chi connectivity index (χ0) is 11.4. The Morgan fingerprint density at radius 3 is 2.88 bits per heavy atom. The number of nitrogens with zero attached hydrogens (tertiary/aromatic N) is 3.